The summed E-state index contributed by atoms with van der Waals surface area (Å²) >= 11 is 0. The summed E-state index contributed by atoms with van der Waals surface area (Å²) in [5, 5.41) is 18.4. The summed E-state index contributed by atoms with van der Waals surface area (Å²) in [7, 11) is 0. The summed E-state index contributed by atoms with van der Waals surface area (Å²) in [6.45, 7) is 0. The van der Waals surface area contributed by atoms with Crippen molar-refractivity contribution < 1.29 is 0 Å². The van der Waals surface area contributed by atoms with Crippen LogP contribution in [0, 0.1) is 0 Å². The highest BCUT2D eigenvalue weighted by Crippen LogP contribution is 2.51. The lowest BCUT2D eigenvalue weighted by molar-refractivity contribution is 1.67. The van der Waals surface area contributed by atoms with Gasteiger partial charge in [-0.15, -0.1) is 0 Å². The summed E-state index contributed by atoms with van der Waals surface area (Å²) in [5.41, 5.74) is 5.14. The van der Waals surface area contributed by atoms with Gasteiger partial charge in [0.1, 0.15) is 0 Å². The number of rotatable bonds is 2. The second kappa shape index (κ2) is 8.89. The first-order valence-electron chi connectivity index (χ1n) is 15.4. The normalized spacial score (nSPS) is 12.1. The maximum absolute atomic E-state index is 2.41. The molecule has 0 atom stereocenters. The van der Waals surface area contributed by atoms with E-state index in [-0.39, 0.29) is 0 Å². The van der Waals surface area contributed by atoms with Crippen molar-refractivity contribution in [3.05, 3.63) is 158 Å². The molecular formula is C44H26. The summed E-state index contributed by atoms with van der Waals surface area (Å²) in [6.07, 6.45) is 0. The van der Waals surface area contributed by atoms with E-state index in [2.05, 4.69) is 158 Å². The molecule has 0 saturated carbocycles. The van der Waals surface area contributed by atoms with Crippen LogP contribution in [-0.4, -0.2) is 0 Å². The number of hydrogen-bond acceptors (Lipinski definition) is 0. The van der Waals surface area contributed by atoms with Gasteiger partial charge in [-0.3, -0.25) is 0 Å². The Labute approximate surface area is 254 Å². The molecule has 0 aromatic heterocycles. The average molecular weight is 555 g/mol. The second-order valence-corrected chi connectivity index (χ2v) is 12.0. The van der Waals surface area contributed by atoms with Gasteiger partial charge in [-0.2, -0.15) is 0 Å². The Morgan fingerprint density at radius 1 is 0.250 bits per heavy atom. The van der Waals surface area contributed by atoms with Gasteiger partial charge in [0.25, 0.3) is 0 Å². The first-order valence-corrected chi connectivity index (χ1v) is 15.4. The largest absolute Gasteiger partial charge is 0.0622 e. The van der Waals surface area contributed by atoms with Crippen molar-refractivity contribution in [3.63, 3.8) is 0 Å². The fraction of sp³-hybridized carbons (Fsp3) is 0. The molecule has 0 spiro atoms. The molecule has 0 N–H and O–H groups in total. The lowest BCUT2D eigenvalue weighted by atomic mass is 9.80. The van der Waals surface area contributed by atoms with Crippen LogP contribution in [0.15, 0.2) is 158 Å². The number of fused-ring (bicyclic) bond motifs is 7. The zero-order valence-corrected chi connectivity index (χ0v) is 24.0. The lowest BCUT2D eigenvalue weighted by Crippen LogP contribution is -1.94. The molecule has 0 fully saturated rings. The Kier molecular flexibility index (Phi) is 4.81. The number of hydrogen-bond donors (Lipinski definition) is 0. The van der Waals surface area contributed by atoms with Crippen molar-refractivity contribution in [1.82, 2.24) is 0 Å². The van der Waals surface area contributed by atoms with Gasteiger partial charge in [0.2, 0.25) is 0 Å². The average Bonchev–Trinajstić information content (AvgIpc) is 3.09. The lowest BCUT2D eigenvalue weighted by Gasteiger charge is -2.22. The van der Waals surface area contributed by atoms with Crippen LogP contribution in [0.25, 0.3) is 97.7 Å². The van der Waals surface area contributed by atoms with Crippen molar-refractivity contribution >= 4 is 75.4 Å². The first kappa shape index (κ1) is 23.8. The molecule has 0 heterocycles. The van der Waals surface area contributed by atoms with Gasteiger partial charge in [0.15, 0.2) is 0 Å². The Morgan fingerprint density at radius 2 is 0.795 bits per heavy atom. The van der Waals surface area contributed by atoms with Crippen LogP contribution >= 0.6 is 0 Å². The topological polar surface area (TPSA) is 0 Å². The molecule has 0 bridgehead atoms. The fourth-order valence-electron chi connectivity index (χ4n) is 7.99. The minimum absolute atomic E-state index is 1.25. The summed E-state index contributed by atoms with van der Waals surface area (Å²) < 4.78 is 0. The van der Waals surface area contributed by atoms with Crippen LogP contribution in [-0.2, 0) is 0 Å². The highest BCUT2D eigenvalue weighted by molar-refractivity contribution is 6.44. The van der Waals surface area contributed by atoms with E-state index in [0.717, 1.165) is 0 Å². The van der Waals surface area contributed by atoms with Gasteiger partial charge >= 0.3 is 0 Å². The van der Waals surface area contributed by atoms with E-state index in [1.54, 1.807) is 0 Å². The molecule has 0 aliphatic rings. The van der Waals surface area contributed by atoms with E-state index in [9.17, 15) is 0 Å². The highest BCUT2D eigenvalue weighted by Gasteiger charge is 2.22. The minimum atomic E-state index is 1.25. The third-order valence-corrected chi connectivity index (χ3v) is 9.76. The Morgan fingerprint density at radius 3 is 1.66 bits per heavy atom. The molecule has 10 aromatic carbocycles. The van der Waals surface area contributed by atoms with Gasteiger partial charge in [0.05, 0.1) is 0 Å². The maximum Gasteiger partial charge on any atom is -0.00134 e. The minimum Gasteiger partial charge on any atom is -0.0622 e. The predicted octanol–water partition coefficient (Wildman–Crippen LogP) is 12.5. The second-order valence-electron chi connectivity index (χ2n) is 12.0. The van der Waals surface area contributed by atoms with Crippen LogP contribution in [0.5, 0.6) is 0 Å². The smallest absolute Gasteiger partial charge is 0.00134 e. The molecule has 202 valence electrons. The molecule has 0 nitrogen and oxygen atoms in total. The van der Waals surface area contributed by atoms with E-state index in [4.69, 9.17) is 0 Å². The molecule has 0 radical (unpaired) electrons. The van der Waals surface area contributed by atoms with Crippen LogP contribution in [0.2, 0.25) is 0 Å². The van der Waals surface area contributed by atoms with Crippen molar-refractivity contribution in [2.45, 2.75) is 0 Å². The SMILES string of the molecule is c1ccc(-c2ccc3c4c2cc2ccccc2c4c2cccc4c(-c5cccc6ccccc56)c5ccccc5c3c42)cc1. The molecule has 10 aromatic rings. The van der Waals surface area contributed by atoms with Gasteiger partial charge < -0.3 is 0 Å². The molecule has 10 rings (SSSR count). The van der Waals surface area contributed by atoms with E-state index < -0.39 is 0 Å². The van der Waals surface area contributed by atoms with E-state index >= 15 is 0 Å². The maximum atomic E-state index is 2.41. The van der Waals surface area contributed by atoms with Crippen molar-refractivity contribution in [2.24, 2.45) is 0 Å². The molecule has 0 amide bonds. The summed E-state index contributed by atoms with van der Waals surface area (Å²) in [5.74, 6) is 0. The van der Waals surface area contributed by atoms with E-state index in [1.165, 1.54) is 97.7 Å². The zero-order valence-electron chi connectivity index (χ0n) is 24.0. The van der Waals surface area contributed by atoms with Crippen molar-refractivity contribution in [3.8, 4) is 22.3 Å². The summed E-state index contributed by atoms with van der Waals surface area (Å²) in [4.78, 5) is 0. The molecule has 0 unspecified atom stereocenters. The van der Waals surface area contributed by atoms with Crippen molar-refractivity contribution in [1.29, 1.82) is 0 Å². The van der Waals surface area contributed by atoms with Gasteiger partial charge in [0, 0.05) is 0 Å². The zero-order chi connectivity index (χ0) is 28.8. The quantitative estimate of drug-likeness (QED) is 0.147. The van der Waals surface area contributed by atoms with Gasteiger partial charge in [-0.25, -0.2) is 0 Å². The van der Waals surface area contributed by atoms with Crippen LogP contribution in [0.1, 0.15) is 0 Å². The molecule has 0 heteroatoms. The summed E-state index contributed by atoms with van der Waals surface area (Å²) in [6, 6.07) is 58.4. The van der Waals surface area contributed by atoms with E-state index in [1.807, 2.05) is 0 Å². The predicted molar refractivity (Wildman–Crippen MR) is 191 cm³/mol. The standard InChI is InChI=1S/C44H26/c1-2-12-27(13-3-1)31-24-25-38-42-35-20-9-8-19-34(35)40(33-21-10-16-28-14-4-6-17-30(28)33)36-22-11-23-37(43(36)42)41-32-18-7-5-15-29(32)26-39(31)44(38)41/h1-26H. The third-order valence-electron chi connectivity index (χ3n) is 9.76. The van der Waals surface area contributed by atoms with Gasteiger partial charge in [-0.05, 0) is 104 Å². The first-order chi connectivity index (χ1) is 21.9. The molecule has 0 saturated heterocycles. The number of benzene rings is 10. The third kappa shape index (κ3) is 3.12. The Hall–Kier alpha value is -5.72. The highest BCUT2D eigenvalue weighted by atomic mass is 14.2. The molecule has 0 aliphatic heterocycles. The molecule has 44 heavy (non-hydrogen) atoms. The van der Waals surface area contributed by atoms with Crippen LogP contribution in [0.4, 0.5) is 0 Å². The van der Waals surface area contributed by atoms with Gasteiger partial charge in [-0.1, -0.05) is 152 Å². The monoisotopic (exact) mass is 554 g/mol. The van der Waals surface area contributed by atoms with Crippen LogP contribution in [0.3, 0.4) is 0 Å². The van der Waals surface area contributed by atoms with Crippen LogP contribution < -0.4 is 0 Å². The Bertz CT molecular complexity index is 2740. The van der Waals surface area contributed by atoms with Crippen molar-refractivity contribution in [2.75, 3.05) is 0 Å². The molecule has 0 aliphatic carbocycles. The molecular weight excluding hydrogens is 528 g/mol. The fourth-order valence-corrected chi connectivity index (χ4v) is 7.99. The van der Waals surface area contributed by atoms with E-state index in [0.29, 0.717) is 0 Å². The Balaban J connectivity index is 1.51.